The van der Waals surface area contributed by atoms with E-state index in [0.717, 1.165) is 45.1 Å². The first-order chi connectivity index (χ1) is 20.7. The van der Waals surface area contributed by atoms with Gasteiger partial charge in [0.15, 0.2) is 0 Å². The van der Waals surface area contributed by atoms with Gasteiger partial charge < -0.3 is 25.0 Å². The van der Waals surface area contributed by atoms with Crippen molar-refractivity contribution in [2.45, 2.75) is 168 Å². The zero-order valence-corrected chi connectivity index (χ0v) is 32.3. The number of likely N-dealkylation sites (tertiary alicyclic amines) is 2. The van der Waals surface area contributed by atoms with Gasteiger partial charge >= 0.3 is 12.2 Å². The SMILES string of the molecule is C=CC(CC[C@@H]1CN(C(=O)OC(C)(C)C)C(C)(C)C1)NS(=O)C(C)(C)C.C=CC(N)CC[C@@H]1CN(C(=O)OC(C)(C)C)C(C)(C)C1. The Morgan fingerprint density at radius 1 is 0.826 bits per heavy atom. The Balaban J connectivity index is 0.000000476. The molecule has 3 N–H and O–H groups in total. The van der Waals surface area contributed by atoms with Crippen molar-refractivity contribution in [3.05, 3.63) is 25.3 Å². The quantitative estimate of drug-likeness (QED) is 0.231. The van der Waals surface area contributed by atoms with Gasteiger partial charge in [-0.15, -0.1) is 13.2 Å². The second kappa shape index (κ2) is 16.5. The van der Waals surface area contributed by atoms with Crippen molar-refractivity contribution >= 4 is 23.2 Å². The molecule has 0 aromatic rings. The zero-order chi connectivity index (χ0) is 35.9. The van der Waals surface area contributed by atoms with Gasteiger partial charge in [0.2, 0.25) is 0 Å². The van der Waals surface area contributed by atoms with Crippen LogP contribution in [0.15, 0.2) is 25.3 Å². The Labute approximate surface area is 284 Å². The van der Waals surface area contributed by atoms with Crippen molar-refractivity contribution < 1.29 is 23.3 Å². The molecule has 2 amide bonds. The lowest BCUT2D eigenvalue weighted by Gasteiger charge is -2.33. The third-order valence-electron chi connectivity index (χ3n) is 8.34. The Morgan fingerprint density at radius 3 is 1.54 bits per heavy atom. The summed E-state index contributed by atoms with van der Waals surface area (Å²) in [6.07, 6.45) is 8.86. The molecule has 0 radical (unpaired) electrons. The molecule has 2 fully saturated rings. The number of carbonyl (C=O) groups excluding carboxylic acids is 2. The van der Waals surface area contributed by atoms with Gasteiger partial charge in [0.25, 0.3) is 0 Å². The number of ether oxygens (including phenoxy) is 2. The number of rotatable bonds is 10. The molecule has 0 aromatic carbocycles. The number of hydrogen-bond acceptors (Lipinski definition) is 6. The number of nitrogens with zero attached hydrogens (tertiary/aromatic N) is 2. The number of carbonyl (C=O) groups is 2. The molecule has 5 atom stereocenters. The van der Waals surface area contributed by atoms with Crippen molar-refractivity contribution in [2.24, 2.45) is 17.6 Å². The van der Waals surface area contributed by atoms with Gasteiger partial charge in [0.1, 0.15) is 11.2 Å². The predicted molar refractivity (Wildman–Crippen MR) is 192 cm³/mol. The minimum absolute atomic E-state index is 0.00810. The highest BCUT2D eigenvalue weighted by Crippen LogP contribution is 2.37. The highest BCUT2D eigenvalue weighted by atomic mass is 32.2. The van der Waals surface area contributed by atoms with Gasteiger partial charge in [-0.05, 0) is 140 Å². The summed E-state index contributed by atoms with van der Waals surface area (Å²) in [5.41, 5.74) is 4.58. The smallest absolute Gasteiger partial charge is 0.410 e. The normalized spacial score (nSPS) is 23.1. The minimum Gasteiger partial charge on any atom is -0.444 e. The first kappa shape index (κ1) is 42.1. The van der Waals surface area contributed by atoms with Crippen molar-refractivity contribution in [3.63, 3.8) is 0 Å². The number of nitrogens with one attached hydrogen (secondary N) is 1. The van der Waals surface area contributed by atoms with Crippen LogP contribution in [-0.2, 0) is 20.5 Å². The molecular weight excluding hydrogens is 600 g/mol. The van der Waals surface area contributed by atoms with Crippen LogP contribution in [0.2, 0.25) is 0 Å². The molecule has 0 bridgehead atoms. The molecule has 0 aromatic heterocycles. The predicted octanol–water partition coefficient (Wildman–Crippen LogP) is 7.72. The van der Waals surface area contributed by atoms with E-state index in [4.69, 9.17) is 15.2 Å². The topological polar surface area (TPSA) is 114 Å². The second-order valence-electron chi connectivity index (χ2n) is 17.3. The van der Waals surface area contributed by atoms with E-state index in [0.29, 0.717) is 18.4 Å². The molecule has 10 heteroatoms. The fraction of sp³-hybridized carbons (Fsp3) is 0.833. The lowest BCUT2D eigenvalue weighted by molar-refractivity contribution is 0.0118. The maximum absolute atomic E-state index is 12.5. The molecule has 0 saturated carbocycles. The fourth-order valence-corrected chi connectivity index (χ4v) is 6.78. The molecule has 2 heterocycles. The molecule has 2 rings (SSSR count). The van der Waals surface area contributed by atoms with Crippen LogP contribution in [0.5, 0.6) is 0 Å². The van der Waals surface area contributed by atoms with Crippen LogP contribution in [0.25, 0.3) is 0 Å². The van der Waals surface area contributed by atoms with Gasteiger partial charge in [0, 0.05) is 36.3 Å². The fourth-order valence-electron chi connectivity index (χ4n) is 5.94. The van der Waals surface area contributed by atoms with Crippen molar-refractivity contribution in [3.8, 4) is 0 Å². The molecule has 46 heavy (non-hydrogen) atoms. The molecule has 9 nitrogen and oxygen atoms in total. The first-order valence-corrected chi connectivity index (χ1v) is 18.1. The monoisotopic (exact) mass is 668 g/mol. The lowest BCUT2D eigenvalue weighted by Crippen LogP contribution is -2.45. The van der Waals surface area contributed by atoms with Gasteiger partial charge in [-0.25, -0.2) is 18.5 Å². The van der Waals surface area contributed by atoms with E-state index in [-0.39, 0.29) is 40.1 Å². The standard InChI is InChI=1S/C20H38N2O3S.C16H30N2O2/c1-10-16(21-26(24)19(5,6)7)12-11-15-13-20(8,9)22(14-15)17(23)25-18(2,3)4;1-7-13(17)9-8-12-10-16(5,6)18(11-12)14(19)20-15(2,3)4/h10,15-16,21H,1,11-14H2,2-9H3;7,12-13H,1,8-11,17H2,2-6H3/t15-,16?,26?;12-,13?/m00/s1. The Morgan fingerprint density at radius 2 is 1.22 bits per heavy atom. The zero-order valence-electron chi connectivity index (χ0n) is 31.5. The lowest BCUT2D eigenvalue weighted by atomic mass is 9.92. The molecule has 3 unspecified atom stereocenters. The number of amides is 2. The van der Waals surface area contributed by atoms with Crippen LogP contribution in [0.4, 0.5) is 9.59 Å². The average molecular weight is 669 g/mol. The average Bonchev–Trinajstić information content (AvgIpc) is 3.36. The van der Waals surface area contributed by atoms with Gasteiger partial charge in [-0.2, -0.15) is 0 Å². The molecule has 0 aliphatic carbocycles. The van der Waals surface area contributed by atoms with Crippen LogP contribution in [-0.4, -0.2) is 78.4 Å². The number of nitrogens with two attached hydrogens (primary N) is 1. The Bertz CT molecular complexity index is 1050. The van der Waals surface area contributed by atoms with E-state index in [1.165, 1.54) is 0 Å². The van der Waals surface area contributed by atoms with Gasteiger partial charge in [-0.1, -0.05) is 12.2 Å². The highest BCUT2D eigenvalue weighted by molar-refractivity contribution is 7.84. The van der Waals surface area contributed by atoms with E-state index < -0.39 is 22.2 Å². The minimum atomic E-state index is -1.12. The number of hydrogen-bond donors (Lipinski definition) is 2. The van der Waals surface area contributed by atoms with Crippen molar-refractivity contribution in [1.82, 2.24) is 14.5 Å². The maximum Gasteiger partial charge on any atom is 0.410 e. The van der Waals surface area contributed by atoms with E-state index >= 15 is 0 Å². The van der Waals surface area contributed by atoms with Crippen LogP contribution in [0.3, 0.4) is 0 Å². The van der Waals surface area contributed by atoms with E-state index in [2.05, 4.69) is 45.6 Å². The highest BCUT2D eigenvalue weighted by Gasteiger charge is 2.44. The third-order valence-corrected chi connectivity index (χ3v) is 9.97. The summed E-state index contributed by atoms with van der Waals surface area (Å²) in [4.78, 5) is 28.5. The first-order valence-electron chi connectivity index (χ1n) is 16.9. The summed E-state index contributed by atoms with van der Waals surface area (Å²) in [6, 6.07) is 0.0578. The van der Waals surface area contributed by atoms with Crippen LogP contribution < -0.4 is 10.5 Å². The largest absolute Gasteiger partial charge is 0.444 e. The van der Waals surface area contributed by atoms with Gasteiger partial charge in [-0.3, -0.25) is 0 Å². The summed E-state index contributed by atoms with van der Waals surface area (Å²) >= 11 is 0. The summed E-state index contributed by atoms with van der Waals surface area (Å²) in [5.74, 6) is 0.897. The summed E-state index contributed by atoms with van der Waals surface area (Å²) in [7, 11) is -1.12. The molecule has 0 spiro atoms. The van der Waals surface area contributed by atoms with Crippen LogP contribution >= 0.6 is 0 Å². The molecule has 2 saturated heterocycles. The molecular formula is C36H68N4O5S. The van der Waals surface area contributed by atoms with Crippen LogP contribution in [0, 0.1) is 11.8 Å². The molecule has 2 aliphatic rings. The van der Waals surface area contributed by atoms with E-state index in [9.17, 15) is 13.8 Å². The summed E-state index contributed by atoms with van der Waals surface area (Å²) in [5, 5.41) is 0. The summed E-state index contributed by atoms with van der Waals surface area (Å²) < 4.78 is 26.2. The van der Waals surface area contributed by atoms with Crippen LogP contribution in [0.1, 0.15) is 129 Å². The Kier molecular flexibility index (Phi) is 15.1. The van der Waals surface area contributed by atoms with E-state index in [1.54, 1.807) is 6.08 Å². The summed E-state index contributed by atoms with van der Waals surface area (Å²) in [6.45, 7) is 34.6. The van der Waals surface area contributed by atoms with Crippen molar-refractivity contribution in [1.29, 1.82) is 0 Å². The van der Waals surface area contributed by atoms with Crippen molar-refractivity contribution in [2.75, 3.05) is 13.1 Å². The molecule has 268 valence electrons. The second-order valence-corrected chi connectivity index (χ2v) is 19.3. The van der Waals surface area contributed by atoms with E-state index in [1.807, 2.05) is 78.2 Å². The Hall–Kier alpha value is -1.91. The van der Waals surface area contributed by atoms with Gasteiger partial charge in [0.05, 0.1) is 15.7 Å². The molecule has 2 aliphatic heterocycles. The maximum atomic E-state index is 12.5. The third kappa shape index (κ3) is 14.5.